The van der Waals surface area contributed by atoms with E-state index in [-0.39, 0.29) is 0 Å². The van der Waals surface area contributed by atoms with Crippen LogP contribution in [0, 0.1) is 11.3 Å². The fourth-order valence-electron chi connectivity index (χ4n) is 1.88. The van der Waals surface area contributed by atoms with Gasteiger partial charge in [0.2, 0.25) is 0 Å². The standard InChI is InChI=1S/C11H13N3O/c1-11(15)3-5-14(8-11)10-7-13-4-2-9(10)6-12/h2,4,7,15H,3,5,8H2,1H3. The number of hydrogen-bond acceptors (Lipinski definition) is 4. The Balaban J connectivity index is 2.28. The van der Waals surface area contributed by atoms with Gasteiger partial charge in [0, 0.05) is 19.3 Å². The summed E-state index contributed by atoms with van der Waals surface area (Å²) in [7, 11) is 0. The lowest BCUT2D eigenvalue weighted by molar-refractivity contribution is 0.0839. The topological polar surface area (TPSA) is 60.1 Å². The second-order valence-electron chi connectivity index (χ2n) is 4.17. The molecule has 1 saturated heterocycles. The van der Waals surface area contributed by atoms with Crippen LogP contribution >= 0.6 is 0 Å². The van der Waals surface area contributed by atoms with Crippen LogP contribution in [0.5, 0.6) is 0 Å². The Hall–Kier alpha value is -1.60. The minimum absolute atomic E-state index is 0.563. The summed E-state index contributed by atoms with van der Waals surface area (Å²) >= 11 is 0. The molecule has 1 atom stereocenters. The maximum absolute atomic E-state index is 9.84. The quantitative estimate of drug-likeness (QED) is 0.737. The lowest BCUT2D eigenvalue weighted by atomic mass is 10.1. The van der Waals surface area contributed by atoms with Gasteiger partial charge in [0.25, 0.3) is 0 Å². The van der Waals surface area contributed by atoms with E-state index in [2.05, 4.69) is 11.1 Å². The first kappa shape index (κ1) is 9.94. The number of nitrogens with zero attached hydrogens (tertiary/aromatic N) is 3. The zero-order valence-corrected chi connectivity index (χ0v) is 8.64. The Kier molecular flexibility index (Phi) is 2.33. The first-order valence-corrected chi connectivity index (χ1v) is 4.94. The number of pyridine rings is 1. The van der Waals surface area contributed by atoms with E-state index < -0.39 is 5.60 Å². The van der Waals surface area contributed by atoms with Crippen molar-refractivity contribution in [2.45, 2.75) is 18.9 Å². The third kappa shape index (κ3) is 1.92. The average Bonchev–Trinajstić information content (AvgIpc) is 2.59. The number of aliphatic hydroxyl groups is 1. The van der Waals surface area contributed by atoms with Gasteiger partial charge in [-0.2, -0.15) is 5.26 Å². The Morgan fingerprint density at radius 3 is 3.07 bits per heavy atom. The molecule has 78 valence electrons. The highest BCUT2D eigenvalue weighted by molar-refractivity contribution is 5.58. The van der Waals surface area contributed by atoms with E-state index >= 15 is 0 Å². The summed E-state index contributed by atoms with van der Waals surface area (Å²) in [6.07, 6.45) is 4.02. The molecule has 1 N–H and O–H groups in total. The second-order valence-corrected chi connectivity index (χ2v) is 4.17. The molecule has 0 radical (unpaired) electrons. The van der Waals surface area contributed by atoms with Crippen molar-refractivity contribution in [3.63, 3.8) is 0 Å². The molecule has 1 aliphatic heterocycles. The van der Waals surface area contributed by atoms with Gasteiger partial charge >= 0.3 is 0 Å². The normalized spacial score (nSPS) is 25.3. The molecule has 1 aromatic rings. The van der Waals surface area contributed by atoms with Crippen LogP contribution in [0.15, 0.2) is 18.5 Å². The molecule has 2 heterocycles. The minimum atomic E-state index is -0.650. The summed E-state index contributed by atoms with van der Waals surface area (Å²) in [5, 5.41) is 18.8. The van der Waals surface area contributed by atoms with Gasteiger partial charge in [-0.15, -0.1) is 0 Å². The lowest BCUT2D eigenvalue weighted by Crippen LogP contribution is -2.29. The number of nitriles is 1. The Morgan fingerprint density at radius 2 is 2.47 bits per heavy atom. The van der Waals surface area contributed by atoms with Crippen molar-refractivity contribution in [3.05, 3.63) is 24.0 Å². The molecule has 1 aliphatic rings. The molecule has 0 saturated carbocycles. The van der Waals surface area contributed by atoms with E-state index in [0.717, 1.165) is 18.7 Å². The molecule has 4 heteroatoms. The van der Waals surface area contributed by atoms with Crippen molar-refractivity contribution in [2.75, 3.05) is 18.0 Å². The average molecular weight is 203 g/mol. The molecule has 0 spiro atoms. The third-order valence-corrected chi connectivity index (χ3v) is 2.71. The highest BCUT2D eigenvalue weighted by Gasteiger charge is 2.32. The molecule has 2 rings (SSSR count). The van der Waals surface area contributed by atoms with Crippen molar-refractivity contribution in [3.8, 4) is 6.07 Å². The molecule has 15 heavy (non-hydrogen) atoms. The molecule has 0 aliphatic carbocycles. The van der Waals surface area contributed by atoms with Crippen LogP contribution < -0.4 is 4.90 Å². The fraction of sp³-hybridized carbons (Fsp3) is 0.455. The van der Waals surface area contributed by atoms with Crippen molar-refractivity contribution in [1.29, 1.82) is 5.26 Å². The van der Waals surface area contributed by atoms with E-state index in [1.807, 2.05) is 11.8 Å². The molecule has 0 aromatic carbocycles. The SMILES string of the molecule is CC1(O)CCN(c2cnccc2C#N)C1. The van der Waals surface area contributed by atoms with Gasteiger partial charge in [0.15, 0.2) is 0 Å². The zero-order chi connectivity index (χ0) is 10.9. The van der Waals surface area contributed by atoms with Gasteiger partial charge in [0.1, 0.15) is 6.07 Å². The van der Waals surface area contributed by atoms with Crippen LogP contribution in [-0.2, 0) is 0 Å². The van der Waals surface area contributed by atoms with Gasteiger partial charge in [-0.05, 0) is 19.4 Å². The van der Waals surface area contributed by atoms with Crippen LogP contribution in [0.2, 0.25) is 0 Å². The van der Waals surface area contributed by atoms with Gasteiger partial charge in [-0.1, -0.05) is 0 Å². The predicted molar refractivity (Wildman–Crippen MR) is 56.4 cm³/mol. The van der Waals surface area contributed by atoms with Crippen molar-refractivity contribution in [1.82, 2.24) is 4.98 Å². The van der Waals surface area contributed by atoms with Crippen molar-refractivity contribution in [2.24, 2.45) is 0 Å². The molecule has 0 amide bonds. The maximum Gasteiger partial charge on any atom is 0.101 e. The van der Waals surface area contributed by atoms with Crippen LogP contribution in [0.4, 0.5) is 5.69 Å². The molecule has 4 nitrogen and oxygen atoms in total. The van der Waals surface area contributed by atoms with Crippen molar-refractivity contribution >= 4 is 5.69 Å². The molecular formula is C11H13N3O. The lowest BCUT2D eigenvalue weighted by Gasteiger charge is -2.21. The Morgan fingerprint density at radius 1 is 1.67 bits per heavy atom. The molecule has 0 bridgehead atoms. The maximum atomic E-state index is 9.84. The van der Waals surface area contributed by atoms with E-state index in [4.69, 9.17) is 5.26 Å². The summed E-state index contributed by atoms with van der Waals surface area (Å²) < 4.78 is 0. The number of anilines is 1. The summed E-state index contributed by atoms with van der Waals surface area (Å²) in [6.45, 7) is 3.15. The molecule has 1 fully saturated rings. The minimum Gasteiger partial charge on any atom is -0.388 e. The third-order valence-electron chi connectivity index (χ3n) is 2.71. The smallest absolute Gasteiger partial charge is 0.101 e. The van der Waals surface area contributed by atoms with E-state index in [9.17, 15) is 5.11 Å². The zero-order valence-electron chi connectivity index (χ0n) is 8.64. The number of β-amino-alcohol motifs (C(OH)–C–C–N with tert-alkyl or cyclic N) is 1. The van der Waals surface area contributed by atoms with E-state index in [1.54, 1.807) is 18.5 Å². The number of rotatable bonds is 1. The van der Waals surface area contributed by atoms with Gasteiger partial charge in [-0.25, -0.2) is 0 Å². The number of hydrogen-bond donors (Lipinski definition) is 1. The first-order valence-electron chi connectivity index (χ1n) is 4.94. The highest BCUT2D eigenvalue weighted by Crippen LogP contribution is 2.27. The van der Waals surface area contributed by atoms with Gasteiger partial charge in [0.05, 0.1) is 23.0 Å². The summed E-state index contributed by atoms with van der Waals surface area (Å²) in [5.41, 5.74) is 0.781. The van der Waals surface area contributed by atoms with E-state index in [0.29, 0.717) is 12.1 Å². The van der Waals surface area contributed by atoms with Crippen LogP contribution in [0.25, 0.3) is 0 Å². The van der Waals surface area contributed by atoms with Crippen molar-refractivity contribution < 1.29 is 5.11 Å². The predicted octanol–water partition coefficient (Wildman–Crippen LogP) is 0.914. The summed E-state index contributed by atoms with van der Waals surface area (Å²) in [4.78, 5) is 6.02. The van der Waals surface area contributed by atoms with Gasteiger partial charge in [-0.3, -0.25) is 4.98 Å². The molecular weight excluding hydrogens is 190 g/mol. The summed E-state index contributed by atoms with van der Waals surface area (Å²) in [6, 6.07) is 3.83. The first-order chi connectivity index (χ1) is 7.12. The van der Waals surface area contributed by atoms with E-state index in [1.165, 1.54) is 0 Å². The Labute approximate surface area is 88.8 Å². The van der Waals surface area contributed by atoms with Crippen LogP contribution in [-0.4, -0.2) is 28.8 Å². The molecule has 1 unspecified atom stereocenters. The van der Waals surface area contributed by atoms with Crippen LogP contribution in [0.1, 0.15) is 18.9 Å². The highest BCUT2D eigenvalue weighted by atomic mass is 16.3. The Bertz CT molecular complexity index is 409. The summed E-state index contributed by atoms with van der Waals surface area (Å²) in [5.74, 6) is 0. The fourth-order valence-corrected chi connectivity index (χ4v) is 1.88. The van der Waals surface area contributed by atoms with Crippen LogP contribution in [0.3, 0.4) is 0 Å². The van der Waals surface area contributed by atoms with Gasteiger partial charge < -0.3 is 10.0 Å². The molecule has 1 aromatic heterocycles. The second kappa shape index (κ2) is 3.52. The monoisotopic (exact) mass is 203 g/mol. The number of aromatic nitrogens is 1. The largest absolute Gasteiger partial charge is 0.388 e.